The Morgan fingerprint density at radius 3 is 2.04 bits per heavy atom. The van der Waals surface area contributed by atoms with Crippen LogP contribution in [0.4, 0.5) is 0 Å². The summed E-state index contributed by atoms with van der Waals surface area (Å²) in [5.41, 5.74) is 1.95. The SMILES string of the molecule is CCc1cccc(O)c1.Cc1ccccc1S(=O)(=O)c1ccccc1. The molecule has 3 aromatic carbocycles. The van der Waals surface area contributed by atoms with E-state index in [1.54, 1.807) is 67.6 Å². The molecule has 3 aromatic rings. The molecule has 0 aliphatic carbocycles. The van der Waals surface area contributed by atoms with Crippen LogP contribution in [0.25, 0.3) is 0 Å². The molecule has 0 aromatic heterocycles. The molecule has 1 N–H and O–H groups in total. The molecule has 0 radical (unpaired) electrons. The zero-order chi connectivity index (χ0) is 18.3. The highest BCUT2D eigenvalue weighted by Gasteiger charge is 2.18. The number of rotatable bonds is 3. The fourth-order valence-electron chi connectivity index (χ4n) is 2.36. The molecule has 0 amide bonds. The minimum Gasteiger partial charge on any atom is -0.508 e. The normalized spacial score (nSPS) is 10.6. The van der Waals surface area contributed by atoms with Gasteiger partial charge in [0.05, 0.1) is 9.79 Å². The number of hydrogen-bond donors (Lipinski definition) is 1. The summed E-state index contributed by atoms with van der Waals surface area (Å²) in [4.78, 5) is 0.713. The van der Waals surface area contributed by atoms with Crippen molar-refractivity contribution in [3.8, 4) is 5.75 Å². The number of benzene rings is 3. The average molecular weight is 354 g/mol. The van der Waals surface area contributed by atoms with Crippen molar-refractivity contribution in [2.75, 3.05) is 0 Å². The third-order valence-electron chi connectivity index (χ3n) is 3.76. The van der Waals surface area contributed by atoms with Gasteiger partial charge in [-0.15, -0.1) is 0 Å². The Morgan fingerprint density at radius 1 is 0.840 bits per heavy atom. The third-order valence-corrected chi connectivity index (χ3v) is 5.69. The first kappa shape index (κ1) is 18.7. The highest BCUT2D eigenvalue weighted by Crippen LogP contribution is 2.22. The summed E-state index contributed by atoms with van der Waals surface area (Å²) in [6.45, 7) is 3.87. The summed E-state index contributed by atoms with van der Waals surface area (Å²) in [6.07, 6.45) is 0.981. The molecule has 0 saturated heterocycles. The monoisotopic (exact) mass is 354 g/mol. The Balaban J connectivity index is 0.000000212. The standard InChI is InChI=1S/C13H12O2S.C8H10O/c1-11-7-5-6-10-13(11)16(14,15)12-8-3-2-4-9-12;1-2-7-4-3-5-8(9)6-7/h2-10H,1H3;3-6,9H,2H2,1H3. The van der Waals surface area contributed by atoms with Gasteiger partial charge in [0.25, 0.3) is 0 Å². The van der Waals surface area contributed by atoms with Gasteiger partial charge in [0, 0.05) is 0 Å². The molecule has 4 heteroatoms. The van der Waals surface area contributed by atoms with Crippen LogP contribution in [-0.4, -0.2) is 13.5 Å². The second kappa shape index (κ2) is 8.49. The summed E-state index contributed by atoms with van der Waals surface area (Å²) in [5, 5.41) is 8.94. The minimum absolute atomic E-state index is 0.337. The lowest BCUT2D eigenvalue weighted by Gasteiger charge is -2.06. The van der Waals surface area contributed by atoms with E-state index in [2.05, 4.69) is 6.92 Å². The van der Waals surface area contributed by atoms with E-state index in [1.165, 1.54) is 5.56 Å². The van der Waals surface area contributed by atoms with E-state index in [0.29, 0.717) is 15.5 Å². The van der Waals surface area contributed by atoms with E-state index in [0.717, 1.165) is 12.0 Å². The lowest BCUT2D eigenvalue weighted by atomic mass is 10.2. The van der Waals surface area contributed by atoms with Crippen LogP contribution in [0, 0.1) is 6.92 Å². The van der Waals surface area contributed by atoms with Gasteiger partial charge in [-0.25, -0.2) is 8.42 Å². The molecule has 0 unspecified atom stereocenters. The second-order valence-corrected chi connectivity index (χ2v) is 7.52. The molecule has 0 atom stereocenters. The van der Waals surface area contributed by atoms with Crippen molar-refractivity contribution < 1.29 is 13.5 Å². The predicted molar refractivity (Wildman–Crippen MR) is 101 cm³/mol. The van der Waals surface area contributed by atoms with Crippen molar-refractivity contribution in [2.45, 2.75) is 30.1 Å². The zero-order valence-corrected chi connectivity index (χ0v) is 15.2. The van der Waals surface area contributed by atoms with Gasteiger partial charge in [-0.2, -0.15) is 0 Å². The van der Waals surface area contributed by atoms with Gasteiger partial charge >= 0.3 is 0 Å². The number of phenols is 1. The van der Waals surface area contributed by atoms with E-state index in [4.69, 9.17) is 5.11 Å². The molecule has 0 spiro atoms. The van der Waals surface area contributed by atoms with Gasteiger partial charge in [0.15, 0.2) is 0 Å². The largest absolute Gasteiger partial charge is 0.508 e. The van der Waals surface area contributed by atoms with Gasteiger partial charge < -0.3 is 5.11 Å². The lowest BCUT2D eigenvalue weighted by molar-refractivity contribution is 0.474. The first-order valence-electron chi connectivity index (χ1n) is 8.09. The zero-order valence-electron chi connectivity index (χ0n) is 14.4. The van der Waals surface area contributed by atoms with Crippen LogP contribution in [0.5, 0.6) is 5.75 Å². The maximum absolute atomic E-state index is 12.3. The molecule has 0 heterocycles. The second-order valence-electron chi connectivity index (χ2n) is 5.61. The van der Waals surface area contributed by atoms with Crippen molar-refractivity contribution >= 4 is 9.84 Å². The first-order valence-corrected chi connectivity index (χ1v) is 9.57. The molecule has 0 fully saturated rings. The topological polar surface area (TPSA) is 54.4 Å². The summed E-state index contributed by atoms with van der Waals surface area (Å²) in [5.74, 6) is 0.356. The molecule has 130 valence electrons. The van der Waals surface area contributed by atoms with Crippen molar-refractivity contribution in [1.82, 2.24) is 0 Å². The van der Waals surface area contributed by atoms with E-state index in [-0.39, 0.29) is 0 Å². The maximum Gasteiger partial charge on any atom is 0.206 e. The smallest absolute Gasteiger partial charge is 0.206 e. The molecular weight excluding hydrogens is 332 g/mol. The van der Waals surface area contributed by atoms with E-state index in [9.17, 15) is 8.42 Å². The highest BCUT2D eigenvalue weighted by atomic mass is 32.2. The van der Waals surface area contributed by atoms with E-state index in [1.807, 2.05) is 18.2 Å². The Morgan fingerprint density at radius 2 is 1.48 bits per heavy atom. The van der Waals surface area contributed by atoms with Gasteiger partial charge in [-0.1, -0.05) is 55.5 Å². The van der Waals surface area contributed by atoms with Crippen LogP contribution in [0.3, 0.4) is 0 Å². The molecule has 25 heavy (non-hydrogen) atoms. The Hall–Kier alpha value is -2.59. The minimum atomic E-state index is -3.37. The quantitative estimate of drug-likeness (QED) is 0.736. The molecule has 3 rings (SSSR count). The number of hydrogen-bond acceptors (Lipinski definition) is 3. The Bertz CT molecular complexity index is 917. The van der Waals surface area contributed by atoms with Crippen molar-refractivity contribution in [3.05, 3.63) is 90.0 Å². The van der Waals surface area contributed by atoms with Gasteiger partial charge in [-0.3, -0.25) is 0 Å². The highest BCUT2D eigenvalue weighted by molar-refractivity contribution is 7.91. The number of aryl methyl sites for hydroxylation is 2. The van der Waals surface area contributed by atoms with Gasteiger partial charge in [0.2, 0.25) is 9.84 Å². The third kappa shape index (κ3) is 4.94. The van der Waals surface area contributed by atoms with Crippen molar-refractivity contribution in [2.24, 2.45) is 0 Å². The summed E-state index contributed by atoms with van der Waals surface area (Å²) >= 11 is 0. The fourth-order valence-corrected chi connectivity index (χ4v) is 3.88. The predicted octanol–water partition coefficient (Wildman–Crippen LogP) is 4.78. The van der Waals surface area contributed by atoms with Crippen LogP contribution >= 0.6 is 0 Å². The van der Waals surface area contributed by atoms with Crippen LogP contribution in [-0.2, 0) is 16.3 Å². The number of phenolic OH excluding ortho intramolecular Hbond substituents is 1. The first-order chi connectivity index (χ1) is 11.9. The van der Waals surface area contributed by atoms with Gasteiger partial charge in [0.1, 0.15) is 5.75 Å². The van der Waals surface area contributed by atoms with Crippen molar-refractivity contribution in [3.63, 3.8) is 0 Å². The number of sulfone groups is 1. The van der Waals surface area contributed by atoms with E-state index < -0.39 is 9.84 Å². The average Bonchev–Trinajstić information content (AvgIpc) is 2.63. The van der Waals surface area contributed by atoms with Crippen LogP contribution in [0.1, 0.15) is 18.1 Å². The Kier molecular flexibility index (Phi) is 6.37. The number of aromatic hydroxyl groups is 1. The Labute approximate surface area is 149 Å². The van der Waals surface area contributed by atoms with Crippen LogP contribution < -0.4 is 0 Å². The molecular formula is C21H22O3S. The van der Waals surface area contributed by atoms with Gasteiger partial charge in [-0.05, 0) is 54.8 Å². The summed E-state index contributed by atoms with van der Waals surface area (Å²) < 4.78 is 24.5. The fraction of sp³-hybridized carbons (Fsp3) is 0.143. The van der Waals surface area contributed by atoms with Crippen LogP contribution in [0.15, 0.2) is 88.7 Å². The maximum atomic E-state index is 12.3. The summed E-state index contributed by atoms with van der Waals surface area (Å²) in [7, 11) is -3.37. The molecule has 3 nitrogen and oxygen atoms in total. The lowest BCUT2D eigenvalue weighted by Crippen LogP contribution is -2.03. The molecule has 0 bridgehead atoms. The van der Waals surface area contributed by atoms with E-state index >= 15 is 0 Å². The summed E-state index contributed by atoms with van der Waals surface area (Å²) in [6, 6.07) is 22.8. The molecule has 0 aliphatic rings. The molecule has 0 saturated carbocycles. The van der Waals surface area contributed by atoms with Crippen molar-refractivity contribution in [1.29, 1.82) is 0 Å². The van der Waals surface area contributed by atoms with Crippen LogP contribution in [0.2, 0.25) is 0 Å². The molecule has 0 aliphatic heterocycles.